The molecule has 0 spiro atoms. The van der Waals surface area contributed by atoms with Crippen LogP contribution in [0.4, 0.5) is 0 Å². The first-order valence-electron chi connectivity index (χ1n) is 6.56. The molecule has 0 bridgehead atoms. The molecule has 19 heavy (non-hydrogen) atoms. The van der Waals surface area contributed by atoms with E-state index in [1.807, 2.05) is 26.0 Å². The van der Waals surface area contributed by atoms with E-state index in [0.717, 1.165) is 12.0 Å². The normalized spacial score (nSPS) is 13.4. The van der Waals surface area contributed by atoms with Crippen molar-refractivity contribution in [3.05, 3.63) is 35.4 Å². The Bertz CT molecular complexity index is 447. The molecule has 3 N–H and O–H groups in total. The van der Waals surface area contributed by atoms with Gasteiger partial charge in [-0.3, -0.25) is 4.79 Å². The number of amides is 1. The summed E-state index contributed by atoms with van der Waals surface area (Å²) in [6.45, 7) is 4.58. The zero-order chi connectivity index (χ0) is 14.3. The SMILES string of the molecule is CC(CN)CCC(=O)NC(C)c1ccc(C#N)cc1. The van der Waals surface area contributed by atoms with E-state index in [1.54, 1.807) is 12.1 Å². The van der Waals surface area contributed by atoms with E-state index >= 15 is 0 Å². The zero-order valence-corrected chi connectivity index (χ0v) is 11.5. The molecule has 0 heterocycles. The molecule has 1 aromatic carbocycles. The number of nitrogens with one attached hydrogen (secondary N) is 1. The third kappa shape index (κ3) is 5.11. The monoisotopic (exact) mass is 259 g/mol. The Balaban J connectivity index is 2.47. The van der Waals surface area contributed by atoms with E-state index in [2.05, 4.69) is 11.4 Å². The fraction of sp³-hybridized carbons (Fsp3) is 0.467. The van der Waals surface area contributed by atoms with Gasteiger partial charge in [0.15, 0.2) is 0 Å². The van der Waals surface area contributed by atoms with Crippen LogP contribution in [-0.4, -0.2) is 12.5 Å². The molecule has 0 aliphatic carbocycles. The average Bonchev–Trinajstić information content (AvgIpc) is 2.44. The number of nitriles is 1. The van der Waals surface area contributed by atoms with Gasteiger partial charge in [-0.25, -0.2) is 0 Å². The van der Waals surface area contributed by atoms with Crippen molar-refractivity contribution < 1.29 is 4.79 Å². The van der Waals surface area contributed by atoms with Crippen LogP contribution in [0.15, 0.2) is 24.3 Å². The maximum atomic E-state index is 11.8. The van der Waals surface area contributed by atoms with Crippen molar-refractivity contribution in [3.63, 3.8) is 0 Å². The number of carbonyl (C=O) groups is 1. The minimum Gasteiger partial charge on any atom is -0.350 e. The first kappa shape index (κ1) is 15.2. The molecule has 0 aromatic heterocycles. The second-order valence-corrected chi connectivity index (χ2v) is 4.90. The van der Waals surface area contributed by atoms with Gasteiger partial charge in [-0.15, -0.1) is 0 Å². The molecule has 0 radical (unpaired) electrons. The van der Waals surface area contributed by atoms with Crippen LogP contribution in [0.5, 0.6) is 0 Å². The first-order chi connectivity index (χ1) is 9.06. The Morgan fingerprint density at radius 1 is 1.37 bits per heavy atom. The predicted molar refractivity (Wildman–Crippen MR) is 75.2 cm³/mol. The van der Waals surface area contributed by atoms with Crippen LogP contribution >= 0.6 is 0 Å². The maximum absolute atomic E-state index is 11.8. The summed E-state index contributed by atoms with van der Waals surface area (Å²) in [5, 5.41) is 11.7. The van der Waals surface area contributed by atoms with Crippen LogP contribution in [0.1, 0.15) is 43.9 Å². The summed E-state index contributed by atoms with van der Waals surface area (Å²) < 4.78 is 0. The molecule has 0 saturated heterocycles. The summed E-state index contributed by atoms with van der Waals surface area (Å²) >= 11 is 0. The van der Waals surface area contributed by atoms with Gasteiger partial charge in [-0.1, -0.05) is 19.1 Å². The van der Waals surface area contributed by atoms with Gasteiger partial charge < -0.3 is 11.1 Å². The Morgan fingerprint density at radius 2 is 2.00 bits per heavy atom. The van der Waals surface area contributed by atoms with E-state index in [1.165, 1.54) is 0 Å². The van der Waals surface area contributed by atoms with Gasteiger partial charge in [-0.05, 0) is 43.5 Å². The van der Waals surface area contributed by atoms with Crippen molar-refractivity contribution in [2.45, 2.75) is 32.7 Å². The molecule has 1 rings (SSSR count). The molecule has 0 fully saturated rings. The number of hydrogen-bond donors (Lipinski definition) is 2. The van der Waals surface area contributed by atoms with Gasteiger partial charge in [0, 0.05) is 6.42 Å². The first-order valence-corrected chi connectivity index (χ1v) is 6.56. The molecular weight excluding hydrogens is 238 g/mol. The highest BCUT2D eigenvalue weighted by Gasteiger charge is 2.10. The van der Waals surface area contributed by atoms with Crippen molar-refractivity contribution in [1.82, 2.24) is 5.32 Å². The minimum absolute atomic E-state index is 0.0390. The molecule has 1 amide bonds. The zero-order valence-electron chi connectivity index (χ0n) is 11.5. The molecule has 0 aliphatic heterocycles. The Morgan fingerprint density at radius 3 is 2.53 bits per heavy atom. The largest absolute Gasteiger partial charge is 0.350 e. The summed E-state index contributed by atoms with van der Waals surface area (Å²) in [6.07, 6.45) is 1.31. The quantitative estimate of drug-likeness (QED) is 0.821. The topological polar surface area (TPSA) is 78.9 Å². The van der Waals surface area contributed by atoms with Gasteiger partial charge in [0.2, 0.25) is 5.91 Å². The molecule has 0 saturated carbocycles. The van der Waals surface area contributed by atoms with Crippen LogP contribution in [0.2, 0.25) is 0 Å². The van der Waals surface area contributed by atoms with E-state index in [-0.39, 0.29) is 11.9 Å². The third-order valence-corrected chi connectivity index (χ3v) is 3.18. The highest BCUT2D eigenvalue weighted by atomic mass is 16.1. The Hall–Kier alpha value is -1.86. The smallest absolute Gasteiger partial charge is 0.220 e. The van der Waals surface area contributed by atoms with Gasteiger partial charge in [0.1, 0.15) is 0 Å². The van der Waals surface area contributed by atoms with Crippen molar-refractivity contribution in [2.75, 3.05) is 6.54 Å². The lowest BCUT2D eigenvalue weighted by atomic mass is 10.0. The van der Waals surface area contributed by atoms with Gasteiger partial charge in [-0.2, -0.15) is 5.26 Å². The van der Waals surface area contributed by atoms with Gasteiger partial charge in [0.25, 0.3) is 0 Å². The fourth-order valence-corrected chi connectivity index (χ4v) is 1.74. The lowest BCUT2D eigenvalue weighted by Gasteiger charge is -2.15. The average molecular weight is 259 g/mol. The van der Waals surface area contributed by atoms with E-state index in [0.29, 0.717) is 24.4 Å². The second kappa shape index (κ2) is 7.55. The molecule has 2 atom stereocenters. The van der Waals surface area contributed by atoms with E-state index < -0.39 is 0 Å². The lowest BCUT2D eigenvalue weighted by molar-refractivity contribution is -0.122. The minimum atomic E-state index is -0.0478. The van der Waals surface area contributed by atoms with Crippen LogP contribution in [0, 0.1) is 17.2 Å². The number of hydrogen-bond acceptors (Lipinski definition) is 3. The van der Waals surface area contributed by atoms with Crippen molar-refractivity contribution in [1.29, 1.82) is 5.26 Å². The lowest BCUT2D eigenvalue weighted by Crippen LogP contribution is -2.27. The molecular formula is C15H21N3O. The molecule has 4 nitrogen and oxygen atoms in total. The highest BCUT2D eigenvalue weighted by Crippen LogP contribution is 2.13. The van der Waals surface area contributed by atoms with Crippen molar-refractivity contribution in [3.8, 4) is 6.07 Å². The summed E-state index contributed by atoms with van der Waals surface area (Å²) in [5.41, 5.74) is 7.14. The third-order valence-electron chi connectivity index (χ3n) is 3.18. The molecule has 4 heteroatoms. The van der Waals surface area contributed by atoms with Crippen molar-refractivity contribution >= 4 is 5.91 Å². The van der Waals surface area contributed by atoms with E-state index in [9.17, 15) is 4.79 Å². The summed E-state index contributed by atoms with van der Waals surface area (Å²) in [6, 6.07) is 9.28. The number of nitrogens with two attached hydrogens (primary N) is 1. The number of benzene rings is 1. The van der Waals surface area contributed by atoms with Crippen LogP contribution in [0.3, 0.4) is 0 Å². The van der Waals surface area contributed by atoms with Crippen LogP contribution in [-0.2, 0) is 4.79 Å². The summed E-state index contributed by atoms with van der Waals surface area (Å²) in [7, 11) is 0. The number of carbonyl (C=O) groups excluding carboxylic acids is 1. The predicted octanol–water partition coefficient (Wildman–Crippen LogP) is 2.11. The second-order valence-electron chi connectivity index (χ2n) is 4.90. The molecule has 0 aliphatic rings. The van der Waals surface area contributed by atoms with Crippen LogP contribution in [0.25, 0.3) is 0 Å². The van der Waals surface area contributed by atoms with Gasteiger partial charge in [0.05, 0.1) is 17.7 Å². The molecule has 1 aromatic rings. The Labute approximate surface area is 114 Å². The summed E-state index contributed by atoms with van der Waals surface area (Å²) in [4.78, 5) is 11.8. The summed E-state index contributed by atoms with van der Waals surface area (Å²) in [5.74, 6) is 0.410. The standard InChI is InChI=1S/C15H21N3O/c1-11(9-16)3-8-15(19)18-12(2)14-6-4-13(10-17)5-7-14/h4-7,11-12H,3,8-9,16H2,1-2H3,(H,18,19). The fourth-order valence-electron chi connectivity index (χ4n) is 1.74. The number of rotatable bonds is 6. The van der Waals surface area contributed by atoms with Crippen molar-refractivity contribution in [2.24, 2.45) is 11.7 Å². The number of nitrogens with zero attached hydrogens (tertiary/aromatic N) is 1. The van der Waals surface area contributed by atoms with E-state index in [4.69, 9.17) is 11.0 Å². The molecule has 102 valence electrons. The van der Waals surface area contributed by atoms with Gasteiger partial charge >= 0.3 is 0 Å². The van der Waals surface area contributed by atoms with Crippen LogP contribution < -0.4 is 11.1 Å². The highest BCUT2D eigenvalue weighted by molar-refractivity contribution is 5.76. The maximum Gasteiger partial charge on any atom is 0.220 e. The molecule has 2 unspecified atom stereocenters. The Kier molecular flexibility index (Phi) is 6.04.